The van der Waals surface area contributed by atoms with Crippen LogP contribution in [0.4, 0.5) is 0 Å². The Morgan fingerprint density at radius 3 is 2.17 bits per heavy atom. The van der Waals surface area contributed by atoms with Crippen molar-refractivity contribution in [2.24, 2.45) is 0 Å². The molecule has 7 N–H and O–H groups in total. The minimum atomic E-state index is -1.93. The molecule has 1 saturated heterocycles. The van der Waals surface area contributed by atoms with E-state index in [0.717, 1.165) is 6.08 Å². The molecule has 8 unspecified atom stereocenters. The van der Waals surface area contributed by atoms with Gasteiger partial charge >= 0.3 is 11.9 Å². The van der Waals surface area contributed by atoms with Gasteiger partial charge in [0, 0.05) is 12.0 Å². The van der Waals surface area contributed by atoms with Crippen LogP contribution in [0.2, 0.25) is 0 Å². The Kier molecular flexibility index (Phi) is 5.55. The Balaban J connectivity index is 2.10. The van der Waals surface area contributed by atoms with Gasteiger partial charge in [0.25, 0.3) is 0 Å². The van der Waals surface area contributed by atoms with E-state index in [-0.39, 0.29) is 12.0 Å². The van der Waals surface area contributed by atoms with E-state index in [2.05, 4.69) is 0 Å². The minimum absolute atomic E-state index is 0.233. The molecule has 1 aliphatic heterocycles. The standard InChI is InChI=1S/C13H18O11/c14-4-1-3(2-5(15)6(4)16)12(22)24-13-9(19)7(17)8(18)10(23-13)11(20)21/h1,4-10,13-19H,2H2,(H,20,21). The number of carbonyl (C=O) groups excluding carboxylic acids is 1. The number of esters is 1. The van der Waals surface area contributed by atoms with Crippen LogP contribution >= 0.6 is 0 Å². The molecule has 2 aliphatic rings. The Labute approximate surface area is 135 Å². The van der Waals surface area contributed by atoms with E-state index in [1.807, 2.05) is 0 Å². The highest BCUT2D eigenvalue weighted by Gasteiger charge is 2.49. The topological polar surface area (TPSA) is 194 Å². The van der Waals surface area contributed by atoms with Crippen LogP contribution in [0.25, 0.3) is 0 Å². The first-order valence-electron chi connectivity index (χ1n) is 7.01. The molecule has 1 aliphatic carbocycles. The average molecular weight is 350 g/mol. The van der Waals surface area contributed by atoms with Crippen molar-refractivity contribution in [2.45, 2.75) is 55.4 Å². The number of hydrogen-bond acceptors (Lipinski definition) is 10. The molecule has 11 nitrogen and oxygen atoms in total. The summed E-state index contributed by atoms with van der Waals surface area (Å²) in [6, 6.07) is 0. The molecule has 2 rings (SSSR count). The molecule has 11 heteroatoms. The minimum Gasteiger partial charge on any atom is -0.479 e. The summed E-state index contributed by atoms with van der Waals surface area (Å²) in [5, 5.41) is 66.2. The maximum atomic E-state index is 12.0. The van der Waals surface area contributed by atoms with Crippen molar-refractivity contribution in [1.29, 1.82) is 0 Å². The van der Waals surface area contributed by atoms with Crippen molar-refractivity contribution in [3.05, 3.63) is 11.6 Å². The summed E-state index contributed by atoms with van der Waals surface area (Å²) < 4.78 is 9.53. The molecule has 1 fully saturated rings. The van der Waals surface area contributed by atoms with Gasteiger partial charge in [0.1, 0.15) is 30.5 Å². The molecular formula is C13H18O11. The highest BCUT2D eigenvalue weighted by atomic mass is 16.7. The Morgan fingerprint density at radius 1 is 1.00 bits per heavy atom. The van der Waals surface area contributed by atoms with E-state index in [1.54, 1.807) is 0 Å². The maximum Gasteiger partial charge on any atom is 0.336 e. The number of carboxylic acid groups (broad SMARTS) is 1. The molecule has 0 spiro atoms. The summed E-state index contributed by atoms with van der Waals surface area (Å²) in [6.07, 6.45) is -13.4. The van der Waals surface area contributed by atoms with Gasteiger partial charge in [-0.05, 0) is 6.08 Å². The van der Waals surface area contributed by atoms with Crippen molar-refractivity contribution in [3.8, 4) is 0 Å². The van der Waals surface area contributed by atoms with Crippen molar-refractivity contribution >= 4 is 11.9 Å². The lowest BCUT2D eigenvalue weighted by molar-refractivity contribution is -0.285. The summed E-state index contributed by atoms with van der Waals surface area (Å²) in [6.45, 7) is 0. The lowest BCUT2D eigenvalue weighted by Crippen LogP contribution is -2.60. The molecule has 0 aromatic carbocycles. The summed E-state index contributed by atoms with van der Waals surface area (Å²) in [4.78, 5) is 22.9. The predicted octanol–water partition coefficient (Wildman–Crippen LogP) is -4.17. The van der Waals surface area contributed by atoms with E-state index in [9.17, 15) is 40.2 Å². The first-order chi connectivity index (χ1) is 11.1. The lowest BCUT2D eigenvalue weighted by atomic mass is 9.92. The third-order valence-electron chi connectivity index (χ3n) is 3.84. The first-order valence-corrected chi connectivity index (χ1v) is 7.01. The molecule has 0 radical (unpaired) electrons. The van der Waals surface area contributed by atoms with Crippen LogP contribution in [-0.2, 0) is 19.1 Å². The number of carboxylic acids is 1. The summed E-state index contributed by atoms with van der Waals surface area (Å²) in [7, 11) is 0. The molecular weight excluding hydrogens is 332 g/mol. The zero-order valence-electron chi connectivity index (χ0n) is 12.2. The van der Waals surface area contributed by atoms with Gasteiger partial charge in [-0.1, -0.05) is 0 Å². The van der Waals surface area contributed by atoms with Crippen LogP contribution in [-0.4, -0.2) is 96.7 Å². The maximum absolute atomic E-state index is 12.0. The SMILES string of the molecule is O=C(OC1OC(C(=O)O)C(O)C(O)C1O)C1=CC(O)C(O)C(O)C1. The summed E-state index contributed by atoms with van der Waals surface area (Å²) in [5.74, 6) is -2.79. The van der Waals surface area contributed by atoms with E-state index in [4.69, 9.17) is 14.6 Å². The second kappa shape index (κ2) is 7.11. The number of hydrogen-bond donors (Lipinski definition) is 7. The Morgan fingerprint density at radius 2 is 1.62 bits per heavy atom. The molecule has 0 aromatic heterocycles. The van der Waals surface area contributed by atoms with Crippen molar-refractivity contribution in [2.75, 3.05) is 0 Å². The third-order valence-corrected chi connectivity index (χ3v) is 3.84. The number of aliphatic hydroxyl groups is 6. The van der Waals surface area contributed by atoms with E-state index < -0.39 is 61.0 Å². The molecule has 0 amide bonds. The fourth-order valence-corrected chi connectivity index (χ4v) is 2.43. The number of carbonyl (C=O) groups is 2. The smallest absolute Gasteiger partial charge is 0.336 e. The van der Waals surface area contributed by atoms with Crippen molar-refractivity contribution in [1.82, 2.24) is 0 Å². The monoisotopic (exact) mass is 350 g/mol. The molecule has 8 atom stereocenters. The fourth-order valence-electron chi connectivity index (χ4n) is 2.43. The van der Waals surface area contributed by atoms with Crippen LogP contribution in [0.1, 0.15) is 6.42 Å². The normalized spacial score (nSPS) is 43.0. The molecule has 0 bridgehead atoms. The fraction of sp³-hybridized carbons (Fsp3) is 0.692. The van der Waals surface area contributed by atoms with Gasteiger partial charge in [-0.25, -0.2) is 9.59 Å². The van der Waals surface area contributed by atoms with Gasteiger partial charge < -0.3 is 45.2 Å². The summed E-state index contributed by atoms with van der Waals surface area (Å²) >= 11 is 0. The second-order valence-corrected chi connectivity index (χ2v) is 5.58. The zero-order valence-corrected chi connectivity index (χ0v) is 12.2. The van der Waals surface area contributed by atoms with Gasteiger partial charge in [-0.3, -0.25) is 0 Å². The van der Waals surface area contributed by atoms with Crippen molar-refractivity contribution in [3.63, 3.8) is 0 Å². The second-order valence-electron chi connectivity index (χ2n) is 5.58. The van der Waals surface area contributed by atoms with Crippen LogP contribution in [0.15, 0.2) is 11.6 Å². The molecule has 0 aromatic rings. The van der Waals surface area contributed by atoms with E-state index in [1.165, 1.54) is 0 Å². The number of aliphatic hydroxyl groups excluding tert-OH is 6. The highest BCUT2D eigenvalue weighted by molar-refractivity contribution is 5.89. The molecule has 1 heterocycles. The number of ether oxygens (including phenoxy) is 2. The van der Waals surface area contributed by atoms with Crippen LogP contribution in [0.3, 0.4) is 0 Å². The van der Waals surface area contributed by atoms with E-state index in [0.29, 0.717) is 0 Å². The molecule has 24 heavy (non-hydrogen) atoms. The van der Waals surface area contributed by atoms with Gasteiger partial charge in [0.05, 0.1) is 6.10 Å². The quantitative estimate of drug-likeness (QED) is 0.244. The summed E-state index contributed by atoms with van der Waals surface area (Å²) in [5.41, 5.74) is -0.233. The Bertz CT molecular complexity index is 532. The van der Waals surface area contributed by atoms with Gasteiger partial charge in [-0.15, -0.1) is 0 Å². The lowest BCUT2D eigenvalue weighted by Gasteiger charge is -2.38. The van der Waals surface area contributed by atoms with Crippen molar-refractivity contribution < 1.29 is 54.8 Å². The average Bonchev–Trinajstić information content (AvgIpc) is 2.52. The van der Waals surface area contributed by atoms with Crippen LogP contribution in [0, 0.1) is 0 Å². The van der Waals surface area contributed by atoms with Crippen LogP contribution < -0.4 is 0 Å². The van der Waals surface area contributed by atoms with E-state index >= 15 is 0 Å². The predicted molar refractivity (Wildman–Crippen MR) is 71.1 cm³/mol. The highest BCUT2D eigenvalue weighted by Crippen LogP contribution is 2.25. The third kappa shape index (κ3) is 3.57. The number of rotatable bonds is 3. The first kappa shape index (κ1) is 18.7. The largest absolute Gasteiger partial charge is 0.479 e. The van der Waals surface area contributed by atoms with Gasteiger partial charge in [0.15, 0.2) is 6.10 Å². The zero-order chi connectivity index (χ0) is 18.2. The molecule has 136 valence electrons. The van der Waals surface area contributed by atoms with Crippen LogP contribution in [0.5, 0.6) is 0 Å². The Hall–Kier alpha value is -1.60. The van der Waals surface area contributed by atoms with Gasteiger partial charge in [0.2, 0.25) is 6.29 Å². The molecule has 0 saturated carbocycles. The van der Waals surface area contributed by atoms with Gasteiger partial charge in [-0.2, -0.15) is 0 Å². The number of aliphatic carboxylic acids is 1.